The Kier molecular flexibility index (Phi) is 5.48. The van der Waals surface area contributed by atoms with Crippen molar-refractivity contribution in [2.24, 2.45) is 7.05 Å². The molecule has 0 amide bonds. The molecule has 4 aromatic rings. The van der Waals surface area contributed by atoms with E-state index in [0.717, 1.165) is 16.6 Å². The molecule has 8 heteroatoms. The minimum absolute atomic E-state index is 0.194. The first-order chi connectivity index (χ1) is 15.0. The van der Waals surface area contributed by atoms with Crippen molar-refractivity contribution in [1.82, 2.24) is 15.0 Å². The van der Waals surface area contributed by atoms with Gasteiger partial charge in [0.05, 0.1) is 19.7 Å². The van der Waals surface area contributed by atoms with E-state index in [1.165, 1.54) is 7.11 Å². The SMILES string of the molecule is COc1cc(-c2ccc(C(=O)C(OC)c3ccc4c(c3)nnn4C)o2)cc(OC)c1C. The topological polar surface area (TPSA) is 88.6 Å². The minimum Gasteiger partial charge on any atom is -0.496 e. The summed E-state index contributed by atoms with van der Waals surface area (Å²) < 4.78 is 23.9. The quantitative estimate of drug-likeness (QED) is 0.415. The van der Waals surface area contributed by atoms with Crippen LogP contribution in [0.5, 0.6) is 11.5 Å². The van der Waals surface area contributed by atoms with E-state index >= 15 is 0 Å². The van der Waals surface area contributed by atoms with Gasteiger partial charge in [0.15, 0.2) is 5.76 Å². The summed E-state index contributed by atoms with van der Waals surface area (Å²) in [7, 11) is 6.50. The number of ether oxygens (including phenoxy) is 3. The maximum absolute atomic E-state index is 13.2. The largest absolute Gasteiger partial charge is 0.496 e. The van der Waals surface area contributed by atoms with Gasteiger partial charge >= 0.3 is 0 Å². The van der Waals surface area contributed by atoms with Crippen molar-refractivity contribution in [2.45, 2.75) is 13.0 Å². The molecule has 0 fully saturated rings. The molecule has 8 nitrogen and oxygen atoms in total. The van der Waals surface area contributed by atoms with Crippen LogP contribution in [0, 0.1) is 6.92 Å². The highest BCUT2D eigenvalue weighted by Gasteiger charge is 2.26. The van der Waals surface area contributed by atoms with Crippen molar-refractivity contribution in [1.29, 1.82) is 0 Å². The van der Waals surface area contributed by atoms with E-state index in [1.54, 1.807) is 37.1 Å². The highest BCUT2D eigenvalue weighted by atomic mass is 16.5. The number of fused-ring (bicyclic) bond motifs is 1. The van der Waals surface area contributed by atoms with E-state index < -0.39 is 6.10 Å². The summed E-state index contributed by atoms with van der Waals surface area (Å²) >= 11 is 0. The Morgan fingerprint density at radius 2 is 1.74 bits per heavy atom. The molecule has 0 aliphatic heterocycles. The summed E-state index contributed by atoms with van der Waals surface area (Å²) in [5, 5.41) is 8.11. The molecule has 0 saturated heterocycles. The molecule has 0 aliphatic carbocycles. The van der Waals surface area contributed by atoms with E-state index in [1.807, 2.05) is 38.2 Å². The summed E-state index contributed by atoms with van der Waals surface area (Å²) in [5.41, 5.74) is 3.86. The Bertz CT molecular complexity index is 1230. The van der Waals surface area contributed by atoms with Crippen LogP contribution < -0.4 is 9.47 Å². The number of carbonyl (C=O) groups excluding carboxylic acids is 1. The first kappa shape index (κ1) is 20.6. The number of aromatic nitrogens is 3. The Morgan fingerprint density at radius 3 is 2.39 bits per heavy atom. The summed E-state index contributed by atoms with van der Waals surface area (Å²) in [6.07, 6.45) is -0.826. The fraction of sp³-hybridized carbons (Fsp3) is 0.261. The number of nitrogens with zero attached hydrogens (tertiary/aromatic N) is 3. The number of benzene rings is 2. The van der Waals surface area contributed by atoms with Crippen molar-refractivity contribution < 1.29 is 23.4 Å². The van der Waals surface area contributed by atoms with Crippen LogP contribution in [0.2, 0.25) is 0 Å². The Hall–Kier alpha value is -3.65. The van der Waals surface area contributed by atoms with Gasteiger partial charge in [0, 0.05) is 25.3 Å². The predicted molar refractivity (Wildman–Crippen MR) is 115 cm³/mol. The van der Waals surface area contributed by atoms with Crippen LogP contribution in [-0.2, 0) is 11.8 Å². The van der Waals surface area contributed by atoms with Crippen molar-refractivity contribution in [3.63, 3.8) is 0 Å². The maximum atomic E-state index is 13.2. The number of furan rings is 1. The molecule has 4 rings (SSSR count). The maximum Gasteiger partial charge on any atom is 0.231 e. The average molecular weight is 421 g/mol. The third-order valence-corrected chi connectivity index (χ3v) is 5.30. The number of methoxy groups -OCH3 is 3. The normalized spacial score (nSPS) is 12.2. The standard InChI is InChI=1S/C23H23N3O5/c1-13-20(28-3)11-15(12-21(13)29-4)18-8-9-19(31-18)22(27)23(30-5)14-6-7-17-16(10-14)24-25-26(17)2/h6-12,23H,1-5H3. The molecule has 1 unspecified atom stereocenters. The molecule has 0 N–H and O–H groups in total. The van der Waals surface area contributed by atoms with Crippen molar-refractivity contribution in [3.8, 4) is 22.8 Å². The third-order valence-electron chi connectivity index (χ3n) is 5.30. The summed E-state index contributed by atoms with van der Waals surface area (Å²) in [6.45, 7) is 1.91. The minimum atomic E-state index is -0.826. The van der Waals surface area contributed by atoms with Crippen LogP contribution in [0.15, 0.2) is 46.9 Å². The first-order valence-corrected chi connectivity index (χ1v) is 9.66. The van der Waals surface area contributed by atoms with Crippen LogP contribution in [0.3, 0.4) is 0 Å². The zero-order valence-corrected chi connectivity index (χ0v) is 18.0. The lowest BCUT2D eigenvalue weighted by Gasteiger charge is -2.13. The van der Waals surface area contributed by atoms with Crippen molar-refractivity contribution >= 4 is 16.8 Å². The van der Waals surface area contributed by atoms with Gasteiger partial charge in [-0.05, 0) is 48.9 Å². The number of rotatable bonds is 7. The van der Waals surface area contributed by atoms with E-state index in [4.69, 9.17) is 18.6 Å². The molecule has 0 spiro atoms. The molecule has 160 valence electrons. The second-order valence-electron chi connectivity index (χ2n) is 7.11. The number of aryl methyl sites for hydroxylation is 1. The van der Waals surface area contributed by atoms with E-state index in [-0.39, 0.29) is 11.5 Å². The molecule has 0 aliphatic rings. The third kappa shape index (κ3) is 3.66. The van der Waals surface area contributed by atoms with Gasteiger partial charge in [0.1, 0.15) is 28.9 Å². The number of hydrogen-bond donors (Lipinski definition) is 0. The van der Waals surface area contributed by atoms with E-state index in [9.17, 15) is 4.79 Å². The van der Waals surface area contributed by atoms with Crippen LogP contribution in [0.1, 0.15) is 27.8 Å². The first-order valence-electron chi connectivity index (χ1n) is 9.66. The lowest BCUT2D eigenvalue weighted by atomic mass is 10.0. The molecule has 2 aromatic carbocycles. The molecule has 2 aromatic heterocycles. The van der Waals surface area contributed by atoms with Crippen molar-refractivity contribution in [2.75, 3.05) is 21.3 Å². The Balaban J connectivity index is 1.66. The van der Waals surface area contributed by atoms with E-state index in [0.29, 0.717) is 28.3 Å². The number of hydrogen-bond acceptors (Lipinski definition) is 7. The molecule has 2 heterocycles. The predicted octanol–water partition coefficient (Wildman–Crippen LogP) is 4.12. The van der Waals surface area contributed by atoms with Gasteiger partial charge in [-0.25, -0.2) is 4.68 Å². The van der Waals surface area contributed by atoms with Gasteiger partial charge in [-0.2, -0.15) is 0 Å². The second kappa shape index (κ2) is 8.23. The lowest BCUT2D eigenvalue weighted by Crippen LogP contribution is -2.14. The van der Waals surface area contributed by atoms with Gasteiger partial charge in [0.25, 0.3) is 0 Å². The molecule has 0 saturated carbocycles. The molecule has 31 heavy (non-hydrogen) atoms. The molecular weight excluding hydrogens is 398 g/mol. The highest BCUT2D eigenvalue weighted by Crippen LogP contribution is 2.35. The monoisotopic (exact) mass is 421 g/mol. The van der Waals surface area contributed by atoms with Gasteiger partial charge < -0.3 is 18.6 Å². The van der Waals surface area contributed by atoms with Crippen molar-refractivity contribution in [3.05, 3.63) is 59.4 Å². The zero-order chi connectivity index (χ0) is 22.1. The van der Waals surface area contributed by atoms with Gasteiger partial charge in [-0.15, -0.1) is 5.10 Å². The zero-order valence-electron chi connectivity index (χ0n) is 18.0. The van der Waals surface area contributed by atoms with E-state index in [2.05, 4.69) is 10.3 Å². The Morgan fingerprint density at radius 1 is 1.03 bits per heavy atom. The molecule has 0 radical (unpaired) electrons. The molecule has 0 bridgehead atoms. The Labute approximate surface area is 179 Å². The summed E-state index contributed by atoms with van der Waals surface area (Å²) in [4.78, 5) is 13.2. The smallest absolute Gasteiger partial charge is 0.231 e. The molecular formula is C23H23N3O5. The summed E-state index contributed by atoms with van der Waals surface area (Å²) in [5.74, 6) is 1.78. The molecule has 1 atom stereocenters. The van der Waals surface area contributed by atoms with Gasteiger partial charge in [0.2, 0.25) is 5.78 Å². The summed E-state index contributed by atoms with van der Waals surface area (Å²) in [6, 6.07) is 12.6. The van der Waals surface area contributed by atoms with Crippen LogP contribution in [-0.4, -0.2) is 42.1 Å². The fourth-order valence-corrected chi connectivity index (χ4v) is 3.60. The highest BCUT2D eigenvalue weighted by molar-refractivity contribution is 5.98. The van der Waals surface area contributed by atoms with Gasteiger partial charge in [-0.1, -0.05) is 11.3 Å². The van der Waals surface area contributed by atoms with Crippen LogP contribution >= 0.6 is 0 Å². The van der Waals surface area contributed by atoms with Gasteiger partial charge in [-0.3, -0.25) is 4.79 Å². The average Bonchev–Trinajstić information content (AvgIpc) is 3.42. The number of Topliss-reactive ketones (excluding diaryl/α,β-unsaturated/α-hetero) is 1. The number of carbonyl (C=O) groups is 1. The fourth-order valence-electron chi connectivity index (χ4n) is 3.60. The second-order valence-corrected chi connectivity index (χ2v) is 7.11. The van der Waals surface area contributed by atoms with Crippen LogP contribution in [0.4, 0.5) is 0 Å². The number of ketones is 1. The lowest BCUT2D eigenvalue weighted by molar-refractivity contribution is 0.0577. The van der Waals surface area contributed by atoms with Crippen LogP contribution in [0.25, 0.3) is 22.4 Å².